The summed E-state index contributed by atoms with van der Waals surface area (Å²) in [6.07, 6.45) is 4.85. The Morgan fingerprint density at radius 3 is 2.58 bits per heavy atom. The van der Waals surface area contributed by atoms with Crippen LogP contribution in [0.15, 0.2) is 30.3 Å². The molecule has 0 bridgehead atoms. The molecule has 1 N–H and O–H groups in total. The molecule has 1 aliphatic heterocycles. The number of hydrogen-bond acceptors (Lipinski definition) is 4. The molecule has 1 aromatic rings. The lowest BCUT2D eigenvalue weighted by molar-refractivity contribution is -0.148. The Morgan fingerprint density at radius 2 is 1.92 bits per heavy atom. The molecule has 3 amide bonds. The van der Waals surface area contributed by atoms with Crippen LogP contribution in [0, 0.1) is 5.92 Å². The van der Waals surface area contributed by atoms with Crippen molar-refractivity contribution in [1.82, 2.24) is 10.2 Å². The molecule has 1 heterocycles. The first-order chi connectivity index (χ1) is 12.5. The predicted octanol–water partition coefficient (Wildman–Crippen LogP) is 2.66. The fraction of sp³-hybridized carbons (Fsp3) is 0.550. The summed E-state index contributed by atoms with van der Waals surface area (Å²) in [6, 6.07) is 9.22. The summed E-state index contributed by atoms with van der Waals surface area (Å²) in [4.78, 5) is 38.0. The van der Waals surface area contributed by atoms with E-state index in [4.69, 9.17) is 4.74 Å². The minimum Gasteiger partial charge on any atom is -0.464 e. The van der Waals surface area contributed by atoms with E-state index in [0.717, 1.165) is 29.7 Å². The van der Waals surface area contributed by atoms with Gasteiger partial charge in [0, 0.05) is 6.42 Å². The highest BCUT2D eigenvalue weighted by Crippen LogP contribution is 2.37. The summed E-state index contributed by atoms with van der Waals surface area (Å²) in [6.45, 7) is 2.06. The maximum Gasteiger partial charge on any atom is 0.326 e. The SMILES string of the molecule is CCC1CCC2(CC1)NC(=O)N(CC(=O)OCCc1ccccc1)C2=O. The van der Waals surface area contributed by atoms with Crippen molar-refractivity contribution in [3.63, 3.8) is 0 Å². The Morgan fingerprint density at radius 1 is 1.23 bits per heavy atom. The lowest BCUT2D eigenvalue weighted by Crippen LogP contribution is -2.49. The van der Waals surface area contributed by atoms with Crippen LogP contribution in [0.2, 0.25) is 0 Å². The number of amides is 3. The fourth-order valence-electron chi connectivity index (χ4n) is 3.84. The lowest BCUT2D eigenvalue weighted by atomic mass is 9.75. The molecule has 6 heteroatoms. The highest BCUT2D eigenvalue weighted by atomic mass is 16.5. The Bertz CT molecular complexity index is 666. The zero-order chi connectivity index (χ0) is 18.6. The maximum absolute atomic E-state index is 12.8. The minimum atomic E-state index is -0.812. The normalized spacial score (nSPS) is 25.4. The van der Waals surface area contributed by atoms with Gasteiger partial charge in [0.05, 0.1) is 6.61 Å². The van der Waals surface area contributed by atoms with Gasteiger partial charge in [-0.1, -0.05) is 43.7 Å². The van der Waals surface area contributed by atoms with E-state index in [9.17, 15) is 14.4 Å². The van der Waals surface area contributed by atoms with Crippen molar-refractivity contribution in [2.24, 2.45) is 5.92 Å². The second-order valence-electron chi connectivity index (χ2n) is 7.21. The van der Waals surface area contributed by atoms with E-state index < -0.39 is 17.5 Å². The van der Waals surface area contributed by atoms with E-state index in [2.05, 4.69) is 12.2 Å². The van der Waals surface area contributed by atoms with Crippen molar-refractivity contribution in [3.05, 3.63) is 35.9 Å². The van der Waals surface area contributed by atoms with Gasteiger partial charge in [0.15, 0.2) is 0 Å². The highest BCUT2D eigenvalue weighted by molar-refractivity contribution is 6.08. The zero-order valence-corrected chi connectivity index (χ0v) is 15.2. The van der Waals surface area contributed by atoms with Crippen LogP contribution in [0.25, 0.3) is 0 Å². The van der Waals surface area contributed by atoms with Crippen LogP contribution in [0.3, 0.4) is 0 Å². The van der Waals surface area contributed by atoms with Gasteiger partial charge in [-0.05, 0) is 37.2 Å². The third-order valence-electron chi connectivity index (χ3n) is 5.57. The van der Waals surface area contributed by atoms with Crippen LogP contribution in [-0.4, -0.2) is 41.5 Å². The number of imide groups is 1. The Labute approximate surface area is 153 Å². The fourth-order valence-corrected chi connectivity index (χ4v) is 3.84. The Hall–Kier alpha value is -2.37. The van der Waals surface area contributed by atoms with Crippen LogP contribution < -0.4 is 5.32 Å². The van der Waals surface area contributed by atoms with Crippen molar-refractivity contribution in [2.45, 2.75) is 51.0 Å². The van der Waals surface area contributed by atoms with Crippen LogP contribution in [0.5, 0.6) is 0 Å². The van der Waals surface area contributed by atoms with Gasteiger partial charge in [-0.15, -0.1) is 0 Å². The molecule has 1 saturated heterocycles. The first-order valence-corrected chi connectivity index (χ1v) is 9.38. The quantitative estimate of drug-likeness (QED) is 0.627. The van der Waals surface area contributed by atoms with E-state index in [1.54, 1.807) is 0 Å². The monoisotopic (exact) mass is 358 g/mol. The number of nitrogens with zero attached hydrogens (tertiary/aromatic N) is 1. The van der Waals surface area contributed by atoms with Gasteiger partial charge < -0.3 is 10.1 Å². The van der Waals surface area contributed by atoms with Gasteiger partial charge in [-0.3, -0.25) is 14.5 Å². The number of carbonyl (C=O) groups excluding carboxylic acids is 3. The second kappa shape index (κ2) is 7.89. The molecule has 6 nitrogen and oxygen atoms in total. The van der Waals surface area contributed by atoms with E-state index in [0.29, 0.717) is 25.2 Å². The zero-order valence-electron chi connectivity index (χ0n) is 15.2. The molecule has 140 valence electrons. The summed E-state index contributed by atoms with van der Waals surface area (Å²) in [5.74, 6) is -0.219. The van der Waals surface area contributed by atoms with Crippen LogP contribution in [-0.2, 0) is 20.7 Å². The number of rotatable bonds is 6. The molecule has 0 radical (unpaired) electrons. The lowest BCUT2D eigenvalue weighted by Gasteiger charge is -2.34. The summed E-state index contributed by atoms with van der Waals surface area (Å²) in [7, 11) is 0. The molecule has 0 atom stereocenters. The number of ether oxygens (including phenoxy) is 1. The van der Waals surface area contributed by atoms with Crippen molar-refractivity contribution >= 4 is 17.9 Å². The second-order valence-corrected chi connectivity index (χ2v) is 7.21. The number of hydrogen-bond donors (Lipinski definition) is 1. The molecule has 1 aromatic carbocycles. The number of urea groups is 1. The third-order valence-corrected chi connectivity index (χ3v) is 5.57. The van der Waals surface area contributed by atoms with E-state index in [1.165, 1.54) is 0 Å². The Balaban J connectivity index is 1.50. The first-order valence-electron chi connectivity index (χ1n) is 9.38. The van der Waals surface area contributed by atoms with Crippen LogP contribution >= 0.6 is 0 Å². The minimum absolute atomic E-state index is 0.232. The van der Waals surface area contributed by atoms with Gasteiger partial charge in [0.2, 0.25) is 0 Å². The molecule has 1 aliphatic carbocycles. The molecule has 3 rings (SSSR count). The maximum atomic E-state index is 12.8. The van der Waals surface area contributed by atoms with Gasteiger partial charge in [-0.25, -0.2) is 4.79 Å². The molecular formula is C20H26N2O4. The smallest absolute Gasteiger partial charge is 0.326 e. The topological polar surface area (TPSA) is 75.7 Å². The highest BCUT2D eigenvalue weighted by Gasteiger charge is 2.52. The molecule has 2 fully saturated rings. The number of benzene rings is 1. The summed E-state index contributed by atoms with van der Waals surface area (Å²) in [5, 5.41) is 2.83. The largest absolute Gasteiger partial charge is 0.464 e. The van der Waals surface area contributed by atoms with Crippen molar-refractivity contribution in [1.29, 1.82) is 0 Å². The third kappa shape index (κ3) is 3.89. The predicted molar refractivity (Wildman–Crippen MR) is 96.3 cm³/mol. The van der Waals surface area contributed by atoms with Gasteiger partial charge in [0.1, 0.15) is 12.1 Å². The van der Waals surface area contributed by atoms with Crippen LogP contribution in [0.4, 0.5) is 4.79 Å². The molecule has 1 saturated carbocycles. The van der Waals surface area contributed by atoms with Gasteiger partial charge >= 0.3 is 12.0 Å². The molecule has 2 aliphatic rings. The Kier molecular flexibility index (Phi) is 5.59. The molecule has 26 heavy (non-hydrogen) atoms. The summed E-state index contributed by atoms with van der Waals surface area (Å²) >= 11 is 0. The van der Waals surface area contributed by atoms with Gasteiger partial charge in [0.25, 0.3) is 5.91 Å². The van der Waals surface area contributed by atoms with Crippen molar-refractivity contribution < 1.29 is 19.1 Å². The van der Waals surface area contributed by atoms with Crippen molar-refractivity contribution in [2.75, 3.05) is 13.2 Å². The standard InChI is InChI=1S/C20H26N2O4/c1-2-15-8-11-20(12-9-15)18(24)22(19(25)21-20)14-17(23)26-13-10-16-6-4-3-5-7-16/h3-7,15H,2,8-14H2,1H3,(H,21,25). The van der Waals surface area contributed by atoms with Crippen molar-refractivity contribution in [3.8, 4) is 0 Å². The molecule has 1 spiro atoms. The van der Waals surface area contributed by atoms with E-state index in [-0.39, 0.29) is 19.1 Å². The van der Waals surface area contributed by atoms with E-state index >= 15 is 0 Å². The van der Waals surface area contributed by atoms with Crippen LogP contribution in [0.1, 0.15) is 44.6 Å². The summed E-state index contributed by atoms with van der Waals surface area (Å²) < 4.78 is 5.20. The average molecular weight is 358 g/mol. The van der Waals surface area contributed by atoms with Gasteiger partial charge in [-0.2, -0.15) is 0 Å². The molecule has 0 unspecified atom stereocenters. The number of nitrogens with one attached hydrogen (secondary N) is 1. The number of esters is 1. The number of carbonyl (C=O) groups is 3. The first kappa shape index (κ1) is 18.4. The molecule has 0 aromatic heterocycles. The van der Waals surface area contributed by atoms with E-state index in [1.807, 2.05) is 30.3 Å². The summed E-state index contributed by atoms with van der Waals surface area (Å²) in [5.41, 5.74) is 0.259. The average Bonchev–Trinajstić information content (AvgIpc) is 2.87. The molecular weight excluding hydrogens is 332 g/mol.